The zero-order valence-electron chi connectivity index (χ0n) is 23.4. The van der Waals surface area contributed by atoms with Crippen LogP contribution < -0.4 is 14.5 Å². The molecule has 0 saturated carbocycles. The minimum atomic E-state index is -0.0958. The summed E-state index contributed by atoms with van der Waals surface area (Å²) in [5.41, 5.74) is 7.80. The van der Waals surface area contributed by atoms with Crippen LogP contribution in [0.5, 0.6) is 5.75 Å². The summed E-state index contributed by atoms with van der Waals surface area (Å²) in [4.78, 5) is 10.1. The Morgan fingerprint density at radius 2 is 1.46 bits per heavy atom. The van der Waals surface area contributed by atoms with Gasteiger partial charge < -0.3 is 9.64 Å². The van der Waals surface area contributed by atoms with E-state index in [4.69, 9.17) is 14.8 Å². The van der Waals surface area contributed by atoms with E-state index in [0.717, 1.165) is 71.8 Å². The van der Waals surface area contributed by atoms with Crippen molar-refractivity contribution in [1.29, 1.82) is 0 Å². The third-order valence-electron chi connectivity index (χ3n) is 7.85. The van der Waals surface area contributed by atoms with Crippen molar-refractivity contribution in [3.8, 4) is 11.4 Å². The van der Waals surface area contributed by atoms with Gasteiger partial charge in [0.05, 0.1) is 41.9 Å². The smallest absolute Gasteiger partial charge is 0.213 e. The maximum atomic E-state index is 6.01. The molecule has 7 rings (SSSR count). The van der Waals surface area contributed by atoms with Gasteiger partial charge >= 0.3 is 0 Å². The molecule has 0 spiro atoms. The van der Waals surface area contributed by atoms with Crippen LogP contribution in [0.25, 0.3) is 5.69 Å². The quantitative estimate of drug-likeness (QED) is 0.188. The number of para-hydroxylation sites is 3. The third-order valence-corrected chi connectivity index (χ3v) is 7.85. The van der Waals surface area contributed by atoms with Crippen molar-refractivity contribution in [2.45, 2.75) is 39.3 Å². The van der Waals surface area contributed by atoms with E-state index in [1.54, 1.807) is 0 Å². The number of ether oxygens (including phenoxy) is 1. The van der Waals surface area contributed by atoms with Crippen LogP contribution in [0.4, 0.5) is 17.2 Å². The molecule has 1 unspecified atom stereocenters. The number of aryl methyl sites for hydroxylation is 1. The van der Waals surface area contributed by atoms with Gasteiger partial charge in [-0.25, -0.2) is 4.68 Å². The summed E-state index contributed by atoms with van der Waals surface area (Å²) in [6.07, 6.45) is 2.16. The molecule has 41 heavy (non-hydrogen) atoms. The largest absolute Gasteiger partial charge is 0.494 e. The second kappa shape index (κ2) is 10.6. The van der Waals surface area contributed by atoms with E-state index >= 15 is 0 Å². The molecule has 2 aliphatic heterocycles. The van der Waals surface area contributed by atoms with Crippen molar-refractivity contribution < 1.29 is 4.74 Å². The zero-order chi connectivity index (χ0) is 27.8. The fraction of sp³-hybridized carbons (Fsp3) is 0.200. The Hall–Kier alpha value is -4.84. The summed E-state index contributed by atoms with van der Waals surface area (Å²) in [6, 6.07) is 38.0. The van der Waals surface area contributed by atoms with Gasteiger partial charge in [0, 0.05) is 5.56 Å². The minimum Gasteiger partial charge on any atom is -0.494 e. The maximum absolute atomic E-state index is 6.01. The number of benzene rings is 4. The molecule has 0 bridgehead atoms. The molecule has 0 amide bonds. The van der Waals surface area contributed by atoms with Gasteiger partial charge in [-0.3, -0.25) is 4.90 Å². The highest BCUT2D eigenvalue weighted by molar-refractivity contribution is 6.18. The predicted molar refractivity (Wildman–Crippen MR) is 166 cm³/mol. The fourth-order valence-corrected chi connectivity index (χ4v) is 5.86. The first kappa shape index (κ1) is 25.1. The summed E-state index contributed by atoms with van der Waals surface area (Å²) in [7, 11) is 0. The van der Waals surface area contributed by atoms with E-state index in [1.807, 2.05) is 22.9 Å². The molecular weight excluding hydrogens is 506 g/mol. The van der Waals surface area contributed by atoms with Crippen molar-refractivity contribution in [3.05, 3.63) is 132 Å². The van der Waals surface area contributed by atoms with Gasteiger partial charge in [0.1, 0.15) is 5.75 Å². The normalized spacial score (nSPS) is 15.3. The highest BCUT2D eigenvalue weighted by atomic mass is 16.5. The van der Waals surface area contributed by atoms with Crippen LogP contribution in [-0.2, 0) is 6.54 Å². The highest BCUT2D eigenvalue weighted by Gasteiger charge is 2.44. The Bertz CT molecular complexity index is 1690. The van der Waals surface area contributed by atoms with Gasteiger partial charge in [-0.15, -0.1) is 0 Å². The van der Waals surface area contributed by atoms with Crippen molar-refractivity contribution in [1.82, 2.24) is 9.78 Å². The number of rotatable bonds is 8. The van der Waals surface area contributed by atoms with Crippen LogP contribution in [-0.4, -0.2) is 22.3 Å². The molecule has 1 atom stereocenters. The monoisotopic (exact) mass is 539 g/mol. The number of guanidine groups is 1. The fourth-order valence-electron chi connectivity index (χ4n) is 5.86. The average molecular weight is 540 g/mol. The van der Waals surface area contributed by atoms with Gasteiger partial charge in [-0.2, -0.15) is 10.1 Å². The van der Waals surface area contributed by atoms with Crippen LogP contribution in [0.2, 0.25) is 0 Å². The van der Waals surface area contributed by atoms with Gasteiger partial charge in [-0.05, 0) is 60.9 Å². The number of nitrogens with zero attached hydrogens (tertiary/aromatic N) is 5. The van der Waals surface area contributed by atoms with Crippen LogP contribution in [0.1, 0.15) is 48.2 Å². The van der Waals surface area contributed by atoms with Gasteiger partial charge in [0.15, 0.2) is 5.82 Å². The average Bonchev–Trinajstić information content (AvgIpc) is 3.52. The lowest BCUT2D eigenvalue weighted by atomic mass is 9.95. The van der Waals surface area contributed by atoms with Gasteiger partial charge in [-0.1, -0.05) is 86.1 Å². The van der Waals surface area contributed by atoms with Crippen LogP contribution in [0.15, 0.2) is 114 Å². The Morgan fingerprint density at radius 3 is 2.20 bits per heavy atom. The molecule has 1 aromatic heterocycles. The molecular formula is C35H33N5O. The molecule has 204 valence electrons. The van der Waals surface area contributed by atoms with E-state index in [0.29, 0.717) is 0 Å². The molecule has 6 nitrogen and oxygen atoms in total. The summed E-state index contributed by atoms with van der Waals surface area (Å²) in [6.45, 7) is 5.73. The lowest BCUT2D eigenvalue weighted by Crippen LogP contribution is -2.42. The Morgan fingerprint density at radius 1 is 0.780 bits per heavy atom. The van der Waals surface area contributed by atoms with E-state index < -0.39 is 0 Å². The summed E-state index contributed by atoms with van der Waals surface area (Å²) < 4.78 is 8.00. The summed E-state index contributed by atoms with van der Waals surface area (Å²) in [5.74, 6) is 2.68. The minimum absolute atomic E-state index is 0.0958. The molecule has 0 saturated heterocycles. The highest BCUT2D eigenvalue weighted by Crippen LogP contribution is 2.51. The van der Waals surface area contributed by atoms with E-state index in [-0.39, 0.29) is 6.04 Å². The number of fused-ring (bicyclic) bond motifs is 4. The second-order valence-corrected chi connectivity index (χ2v) is 10.6. The molecule has 3 heterocycles. The SMILES string of the molecule is CCCCOc1ccc(C2c3c(C)nn(-c4ccccc4)c3N=C3N(Cc4ccccc4)c4ccccc4N32)cc1. The van der Waals surface area contributed by atoms with Crippen LogP contribution in [0, 0.1) is 6.92 Å². The first-order valence-corrected chi connectivity index (χ1v) is 14.4. The van der Waals surface area contributed by atoms with Crippen molar-refractivity contribution in [3.63, 3.8) is 0 Å². The van der Waals surface area contributed by atoms with Gasteiger partial charge in [0.25, 0.3) is 0 Å². The molecule has 0 radical (unpaired) electrons. The lowest BCUT2D eigenvalue weighted by Gasteiger charge is -2.35. The van der Waals surface area contributed by atoms with Crippen LogP contribution in [0.3, 0.4) is 0 Å². The topological polar surface area (TPSA) is 45.9 Å². The molecule has 5 aromatic rings. The molecule has 0 fully saturated rings. The van der Waals surface area contributed by atoms with E-state index in [9.17, 15) is 0 Å². The summed E-state index contributed by atoms with van der Waals surface area (Å²) >= 11 is 0. The van der Waals surface area contributed by atoms with E-state index in [1.165, 1.54) is 11.1 Å². The number of anilines is 2. The van der Waals surface area contributed by atoms with Crippen molar-refractivity contribution in [2.75, 3.05) is 16.4 Å². The van der Waals surface area contributed by atoms with Crippen molar-refractivity contribution >= 4 is 23.2 Å². The van der Waals surface area contributed by atoms with Gasteiger partial charge in [0.2, 0.25) is 5.96 Å². The standard InChI is InChI=1S/C35H33N5O/c1-3-4-23-41-29-21-19-27(20-22-29)33-32-25(2)37-40(28-15-9-6-10-16-28)34(32)36-35-38(24-26-13-7-5-8-14-26)30-17-11-12-18-31(30)39(33)35/h5-22,33H,3-4,23-24H2,1-2H3. The number of aromatic nitrogens is 2. The first-order chi connectivity index (χ1) is 20.2. The molecule has 2 aliphatic rings. The number of aliphatic imine (C=N–C) groups is 1. The predicted octanol–water partition coefficient (Wildman–Crippen LogP) is 7.98. The zero-order valence-corrected chi connectivity index (χ0v) is 23.4. The lowest BCUT2D eigenvalue weighted by molar-refractivity contribution is 0.309. The third kappa shape index (κ3) is 4.45. The number of hydrogen-bond acceptors (Lipinski definition) is 5. The number of unbranched alkanes of at least 4 members (excludes halogenated alkanes) is 1. The maximum Gasteiger partial charge on any atom is 0.213 e. The molecule has 6 heteroatoms. The Kier molecular flexibility index (Phi) is 6.51. The molecule has 4 aromatic carbocycles. The number of hydrogen-bond donors (Lipinski definition) is 0. The first-order valence-electron chi connectivity index (χ1n) is 14.4. The van der Waals surface area contributed by atoms with Crippen molar-refractivity contribution in [2.24, 2.45) is 4.99 Å². The Labute approximate surface area is 241 Å². The molecule has 0 aliphatic carbocycles. The van der Waals surface area contributed by atoms with E-state index in [2.05, 4.69) is 115 Å². The Balaban J connectivity index is 1.40. The molecule has 0 N–H and O–H groups in total. The summed E-state index contributed by atoms with van der Waals surface area (Å²) in [5, 5.41) is 5.04. The second-order valence-electron chi connectivity index (χ2n) is 10.6. The van der Waals surface area contributed by atoms with Crippen LogP contribution >= 0.6 is 0 Å².